The second-order valence-electron chi connectivity index (χ2n) is 4.18. The van der Waals surface area contributed by atoms with Crippen molar-refractivity contribution in [2.24, 2.45) is 0 Å². The van der Waals surface area contributed by atoms with Crippen LogP contribution in [0.5, 0.6) is 0 Å². The molecule has 0 aliphatic heterocycles. The third kappa shape index (κ3) is 7.92. The van der Waals surface area contributed by atoms with Crippen molar-refractivity contribution in [3.05, 3.63) is 78.4 Å². The molecule has 0 atom stereocenters. The largest absolute Gasteiger partial charge is 0.255 e. The van der Waals surface area contributed by atoms with Crippen LogP contribution >= 0.6 is 0 Å². The molecule has 2 nitrogen and oxygen atoms in total. The van der Waals surface area contributed by atoms with Gasteiger partial charge in [0.2, 0.25) is 0 Å². The number of hydrogen-bond acceptors (Lipinski definition) is 2. The molecule has 2 rings (SSSR count). The van der Waals surface area contributed by atoms with E-state index in [2.05, 4.69) is 44.7 Å². The van der Waals surface area contributed by atoms with E-state index in [9.17, 15) is 0 Å². The van der Waals surface area contributed by atoms with E-state index in [1.807, 2.05) is 42.5 Å². The third-order valence-corrected chi connectivity index (χ3v) is 2.50. The van der Waals surface area contributed by atoms with Crippen LogP contribution < -0.4 is 0 Å². The van der Waals surface area contributed by atoms with E-state index in [1.54, 1.807) is 0 Å². The molecule has 0 radical (unpaired) electrons. The van der Waals surface area contributed by atoms with Gasteiger partial charge >= 0.3 is 0 Å². The Kier molecular flexibility index (Phi) is 10.1. The molecule has 0 saturated carbocycles. The monoisotopic (exact) mass is 258 g/mol. The maximum Gasteiger partial charge on any atom is -0.0219 e. The van der Waals surface area contributed by atoms with Gasteiger partial charge in [-0.15, -0.1) is 0 Å². The third-order valence-electron chi connectivity index (χ3n) is 2.50. The molecule has 0 aromatic heterocycles. The molecular weight excluding hydrogens is 236 g/mol. The molecule has 2 heteroatoms. The fraction of sp³-hybridized carbons (Fsp3) is 0.176. The minimum atomic E-state index is 0.659. The van der Waals surface area contributed by atoms with Crippen LogP contribution in [-0.2, 0) is 0 Å². The highest BCUT2D eigenvalue weighted by Crippen LogP contribution is 2.11. The summed E-state index contributed by atoms with van der Waals surface area (Å²) in [7, 11) is 0. The van der Waals surface area contributed by atoms with Gasteiger partial charge in [0.25, 0.3) is 0 Å². The van der Waals surface area contributed by atoms with Gasteiger partial charge in [-0.25, -0.2) is 0 Å². The Morgan fingerprint density at radius 3 is 1.53 bits per heavy atom. The van der Waals surface area contributed by atoms with E-state index in [4.69, 9.17) is 10.5 Å². The molecule has 19 heavy (non-hydrogen) atoms. The molecule has 2 aromatic carbocycles. The Bertz CT molecular complexity index is 422. The molecule has 0 bridgehead atoms. The maximum atomic E-state index is 6.00. The highest BCUT2D eigenvalue weighted by Gasteiger charge is 1.93. The van der Waals surface area contributed by atoms with Gasteiger partial charge in [-0.05, 0) is 17.0 Å². The average molecular weight is 258 g/mol. The number of hydrogen-bond donors (Lipinski definition) is 2. The fourth-order valence-electron chi connectivity index (χ4n) is 1.43. The van der Waals surface area contributed by atoms with E-state index in [-0.39, 0.29) is 0 Å². The van der Waals surface area contributed by atoms with Crippen molar-refractivity contribution >= 4 is 6.08 Å². The van der Waals surface area contributed by atoms with Gasteiger partial charge in [-0.2, -0.15) is 0 Å². The lowest BCUT2D eigenvalue weighted by Crippen LogP contribution is -1.83. The summed E-state index contributed by atoms with van der Waals surface area (Å²) in [6.45, 7) is 8.04. The molecule has 2 aromatic rings. The smallest absolute Gasteiger partial charge is 0.0219 e. The zero-order valence-corrected chi connectivity index (χ0v) is 11.5. The fourth-order valence-corrected chi connectivity index (χ4v) is 1.43. The first-order chi connectivity index (χ1) is 9.24. The second kappa shape index (κ2) is 11.2. The van der Waals surface area contributed by atoms with Crippen LogP contribution in [0.1, 0.15) is 30.9 Å². The van der Waals surface area contributed by atoms with Crippen molar-refractivity contribution in [1.82, 2.24) is 0 Å². The zero-order chi connectivity index (χ0) is 14.5. The first-order valence-electron chi connectivity index (χ1n) is 6.16. The van der Waals surface area contributed by atoms with Gasteiger partial charge in [0.15, 0.2) is 0 Å². The van der Waals surface area contributed by atoms with E-state index in [0.29, 0.717) is 5.92 Å². The van der Waals surface area contributed by atoms with E-state index in [0.717, 1.165) is 0 Å². The molecular formula is C17H22O2. The second-order valence-corrected chi connectivity index (χ2v) is 4.18. The Morgan fingerprint density at radius 1 is 0.842 bits per heavy atom. The summed E-state index contributed by atoms with van der Waals surface area (Å²) in [5, 5.41) is 12.0. The number of rotatable bonds is 2. The Morgan fingerprint density at radius 2 is 1.26 bits per heavy atom. The van der Waals surface area contributed by atoms with Crippen LogP contribution in [0.2, 0.25) is 0 Å². The van der Waals surface area contributed by atoms with Crippen molar-refractivity contribution < 1.29 is 10.5 Å². The molecule has 0 fully saturated rings. The van der Waals surface area contributed by atoms with Crippen molar-refractivity contribution in [3.63, 3.8) is 0 Å². The highest BCUT2D eigenvalue weighted by atomic mass is 17.0. The lowest BCUT2D eigenvalue weighted by molar-refractivity contribution is -0.176. The lowest BCUT2D eigenvalue weighted by atomic mass is 10.0. The molecule has 0 spiro atoms. The molecule has 102 valence electrons. The summed E-state index contributed by atoms with van der Waals surface area (Å²) in [6.07, 6.45) is 1.83. The van der Waals surface area contributed by atoms with Gasteiger partial charge in [-0.3, -0.25) is 10.5 Å². The Hall–Kier alpha value is -1.90. The van der Waals surface area contributed by atoms with Crippen LogP contribution in [0.25, 0.3) is 6.08 Å². The molecule has 0 heterocycles. The molecule has 0 aliphatic rings. The van der Waals surface area contributed by atoms with Crippen LogP contribution in [0.3, 0.4) is 0 Å². The van der Waals surface area contributed by atoms with Crippen molar-refractivity contribution in [1.29, 1.82) is 0 Å². The van der Waals surface area contributed by atoms with Gasteiger partial charge in [0, 0.05) is 0 Å². The summed E-state index contributed by atoms with van der Waals surface area (Å²) in [5.74, 6) is 0.659. The van der Waals surface area contributed by atoms with Gasteiger partial charge in [-0.1, -0.05) is 87.2 Å². The highest BCUT2D eigenvalue weighted by molar-refractivity contribution is 5.45. The summed E-state index contributed by atoms with van der Waals surface area (Å²) in [5.41, 5.74) is 2.59. The molecule has 2 N–H and O–H groups in total. The summed E-state index contributed by atoms with van der Waals surface area (Å²) in [6, 6.07) is 20.5. The van der Waals surface area contributed by atoms with Gasteiger partial charge < -0.3 is 0 Å². The Balaban J connectivity index is 0.000000303. The summed E-state index contributed by atoms with van der Waals surface area (Å²) < 4.78 is 0. The molecule has 0 unspecified atom stereocenters. The molecule has 0 saturated heterocycles. The predicted octanol–water partition coefficient (Wildman–Crippen LogP) is 5.16. The molecule has 0 aliphatic carbocycles. The van der Waals surface area contributed by atoms with E-state index >= 15 is 0 Å². The van der Waals surface area contributed by atoms with E-state index < -0.39 is 0 Å². The summed E-state index contributed by atoms with van der Waals surface area (Å²) in [4.78, 5) is 0. The van der Waals surface area contributed by atoms with Crippen molar-refractivity contribution in [3.8, 4) is 0 Å². The first kappa shape index (κ1) is 17.1. The lowest BCUT2D eigenvalue weighted by Gasteiger charge is -2.01. The van der Waals surface area contributed by atoms with Crippen LogP contribution in [0.4, 0.5) is 0 Å². The maximum absolute atomic E-state index is 6.00. The van der Waals surface area contributed by atoms with E-state index in [1.165, 1.54) is 11.1 Å². The SMILES string of the molecule is C=Cc1ccccc1.CC(C)c1ccccc1.OO. The van der Waals surface area contributed by atoms with Crippen molar-refractivity contribution in [2.45, 2.75) is 19.8 Å². The first-order valence-corrected chi connectivity index (χ1v) is 6.16. The summed E-state index contributed by atoms with van der Waals surface area (Å²) >= 11 is 0. The van der Waals surface area contributed by atoms with Gasteiger partial charge in [0.05, 0.1) is 0 Å². The zero-order valence-electron chi connectivity index (χ0n) is 11.5. The van der Waals surface area contributed by atoms with Gasteiger partial charge in [0.1, 0.15) is 0 Å². The van der Waals surface area contributed by atoms with Crippen LogP contribution in [-0.4, -0.2) is 10.5 Å². The van der Waals surface area contributed by atoms with Crippen LogP contribution in [0, 0.1) is 0 Å². The standard InChI is InChI=1S/C9H12.C8H8.H2O2/c1-8(2)9-6-4-3-5-7-9;1-2-8-6-4-3-5-7-8;1-2/h3-8H,1-2H3;2-7H,1H2;1-2H. The number of benzene rings is 2. The molecule has 0 amide bonds. The Labute approximate surface area is 115 Å². The minimum absolute atomic E-state index is 0.659. The predicted molar refractivity (Wildman–Crippen MR) is 82.3 cm³/mol. The quantitative estimate of drug-likeness (QED) is 0.577. The van der Waals surface area contributed by atoms with Crippen LogP contribution in [0.15, 0.2) is 67.2 Å². The topological polar surface area (TPSA) is 40.5 Å². The minimum Gasteiger partial charge on any atom is -0.255 e. The normalized spacial score (nSPS) is 8.68. The average Bonchev–Trinajstić information content (AvgIpc) is 2.51. The van der Waals surface area contributed by atoms with Crippen molar-refractivity contribution in [2.75, 3.05) is 0 Å².